The number of carbonyl (C=O) groups is 1. The van der Waals surface area contributed by atoms with Gasteiger partial charge < -0.3 is 4.90 Å². The number of amides is 1. The average molecular weight is 358 g/mol. The van der Waals surface area contributed by atoms with Crippen LogP contribution in [0.2, 0.25) is 0 Å². The van der Waals surface area contributed by atoms with Crippen molar-refractivity contribution >= 4 is 21.8 Å². The summed E-state index contributed by atoms with van der Waals surface area (Å²) in [6, 6.07) is 0. The second-order valence-corrected chi connectivity index (χ2v) is 5.73. The summed E-state index contributed by atoms with van der Waals surface area (Å²) in [5, 5.41) is 0. The van der Waals surface area contributed by atoms with E-state index in [2.05, 4.69) is 15.9 Å². The van der Waals surface area contributed by atoms with Crippen LogP contribution < -0.4 is 0 Å². The molecule has 0 radical (unpaired) electrons. The minimum Gasteiger partial charge on any atom is -0.337 e. The van der Waals surface area contributed by atoms with Gasteiger partial charge in [0.05, 0.1) is 0 Å². The van der Waals surface area contributed by atoms with Crippen molar-refractivity contribution in [3.05, 3.63) is 34.6 Å². The Hall–Kier alpha value is -1.18. The molecule has 20 heavy (non-hydrogen) atoms. The van der Waals surface area contributed by atoms with E-state index in [-0.39, 0.29) is 17.9 Å². The van der Waals surface area contributed by atoms with Gasteiger partial charge in [-0.05, 0) is 12.8 Å². The van der Waals surface area contributed by atoms with Crippen LogP contribution in [0.25, 0.3) is 0 Å². The Balaban J connectivity index is 2.44. The number of halogens is 6. The Bertz CT molecular complexity index is 536. The van der Waals surface area contributed by atoms with Gasteiger partial charge in [0.1, 0.15) is 5.56 Å². The highest BCUT2D eigenvalue weighted by Crippen LogP contribution is 2.26. The van der Waals surface area contributed by atoms with Crippen molar-refractivity contribution in [3.8, 4) is 0 Å². The molecule has 1 fully saturated rings. The number of hydrogen-bond donors (Lipinski definition) is 0. The van der Waals surface area contributed by atoms with Crippen molar-refractivity contribution in [2.45, 2.75) is 17.7 Å². The summed E-state index contributed by atoms with van der Waals surface area (Å²) in [7, 11) is 0. The molecule has 2 nitrogen and oxygen atoms in total. The summed E-state index contributed by atoms with van der Waals surface area (Å²) < 4.78 is 66.1. The van der Waals surface area contributed by atoms with Crippen molar-refractivity contribution < 1.29 is 26.7 Å². The predicted octanol–water partition coefficient (Wildman–Crippen LogP) is 3.38. The van der Waals surface area contributed by atoms with Crippen molar-refractivity contribution in [2.24, 2.45) is 0 Å². The lowest BCUT2D eigenvalue weighted by molar-refractivity contribution is 0.0716. The minimum atomic E-state index is -2.27. The number of nitrogens with zero attached hydrogens (tertiary/aromatic N) is 1. The van der Waals surface area contributed by atoms with Crippen molar-refractivity contribution in [1.29, 1.82) is 0 Å². The molecule has 1 saturated heterocycles. The van der Waals surface area contributed by atoms with Crippen LogP contribution in [0.15, 0.2) is 0 Å². The van der Waals surface area contributed by atoms with Crippen molar-refractivity contribution in [3.63, 3.8) is 0 Å². The molecular weight excluding hydrogens is 349 g/mol. The Kier molecular flexibility index (Phi) is 4.31. The van der Waals surface area contributed by atoms with Gasteiger partial charge in [-0.25, -0.2) is 22.0 Å². The third kappa shape index (κ3) is 2.53. The molecule has 0 spiro atoms. The molecule has 1 aliphatic rings. The summed E-state index contributed by atoms with van der Waals surface area (Å²) >= 11 is 3.26. The van der Waals surface area contributed by atoms with Crippen LogP contribution in [0.1, 0.15) is 23.2 Å². The molecule has 0 bridgehead atoms. The Morgan fingerprint density at radius 3 is 2.00 bits per heavy atom. The number of alkyl halides is 1. The van der Waals surface area contributed by atoms with Gasteiger partial charge in [-0.1, -0.05) is 15.9 Å². The zero-order valence-electron chi connectivity index (χ0n) is 10.0. The summed E-state index contributed by atoms with van der Waals surface area (Å²) in [4.78, 5) is 13.0. The maximum atomic E-state index is 13.5. The number of likely N-dealkylation sites (tertiary alicyclic amines) is 1. The maximum Gasteiger partial charge on any atom is 0.260 e. The number of carbonyl (C=O) groups excluding carboxylic acids is 1. The molecule has 0 aliphatic carbocycles. The molecule has 0 saturated carbocycles. The fourth-order valence-electron chi connectivity index (χ4n) is 2.06. The lowest BCUT2D eigenvalue weighted by Gasteiger charge is -2.30. The molecule has 1 amide bonds. The third-order valence-corrected chi connectivity index (χ3v) is 3.82. The first-order chi connectivity index (χ1) is 9.34. The quantitative estimate of drug-likeness (QED) is 0.326. The summed E-state index contributed by atoms with van der Waals surface area (Å²) in [6.45, 7) is 0.360. The topological polar surface area (TPSA) is 20.3 Å². The fraction of sp³-hybridized carbons (Fsp3) is 0.417. The molecule has 1 heterocycles. The van der Waals surface area contributed by atoms with Gasteiger partial charge in [0.15, 0.2) is 23.3 Å². The van der Waals surface area contributed by atoms with Crippen LogP contribution in [-0.2, 0) is 0 Å². The highest BCUT2D eigenvalue weighted by molar-refractivity contribution is 9.09. The zero-order chi connectivity index (χ0) is 15.0. The summed E-state index contributed by atoms with van der Waals surface area (Å²) in [6.07, 6.45) is 1.35. The number of benzene rings is 1. The van der Waals surface area contributed by atoms with Gasteiger partial charge in [-0.15, -0.1) is 0 Å². The zero-order valence-corrected chi connectivity index (χ0v) is 11.6. The largest absolute Gasteiger partial charge is 0.337 e. The maximum absolute atomic E-state index is 13.5. The van der Waals surface area contributed by atoms with Crippen LogP contribution in [-0.4, -0.2) is 28.7 Å². The monoisotopic (exact) mass is 357 g/mol. The number of hydrogen-bond acceptors (Lipinski definition) is 1. The van der Waals surface area contributed by atoms with Gasteiger partial charge in [0.25, 0.3) is 5.91 Å². The van der Waals surface area contributed by atoms with E-state index in [1.165, 1.54) is 0 Å². The van der Waals surface area contributed by atoms with E-state index in [9.17, 15) is 26.7 Å². The van der Waals surface area contributed by atoms with Crippen LogP contribution in [0.4, 0.5) is 22.0 Å². The van der Waals surface area contributed by atoms with Gasteiger partial charge in [-0.3, -0.25) is 4.79 Å². The average Bonchev–Trinajstić information content (AvgIpc) is 2.43. The smallest absolute Gasteiger partial charge is 0.260 e. The number of rotatable bonds is 1. The molecule has 1 atom stereocenters. The van der Waals surface area contributed by atoms with Gasteiger partial charge in [0.2, 0.25) is 5.82 Å². The van der Waals surface area contributed by atoms with E-state index < -0.39 is 40.6 Å². The molecule has 2 rings (SSSR count). The number of piperidine rings is 1. The highest BCUT2D eigenvalue weighted by atomic mass is 79.9. The standard InChI is InChI=1S/C12H9BrF5NO/c13-5-2-1-3-19(4-5)12(20)6-7(14)9(16)11(18)10(17)8(6)15/h5H,1-4H2. The molecule has 0 N–H and O–H groups in total. The first-order valence-corrected chi connectivity index (χ1v) is 6.71. The predicted molar refractivity (Wildman–Crippen MR) is 64.1 cm³/mol. The van der Waals surface area contributed by atoms with E-state index in [1.54, 1.807) is 0 Å². The Morgan fingerprint density at radius 2 is 1.50 bits per heavy atom. The van der Waals surface area contributed by atoms with Gasteiger partial charge in [0, 0.05) is 17.9 Å². The molecule has 1 aliphatic heterocycles. The van der Waals surface area contributed by atoms with E-state index in [4.69, 9.17) is 0 Å². The summed E-state index contributed by atoms with van der Waals surface area (Å²) in [5.74, 6) is -11.9. The van der Waals surface area contributed by atoms with Crippen molar-refractivity contribution in [1.82, 2.24) is 4.90 Å². The van der Waals surface area contributed by atoms with E-state index in [0.29, 0.717) is 6.42 Å². The van der Waals surface area contributed by atoms with Gasteiger partial charge >= 0.3 is 0 Å². The van der Waals surface area contributed by atoms with E-state index >= 15 is 0 Å². The summed E-state index contributed by atoms with van der Waals surface area (Å²) in [5.41, 5.74) is -1.40. The fourth-order valence-corrected chi connectivity index (χ4v) is 2.73. The van der Waals surface area contributed by atoms with Crippen LogP contribution >= 0.6 is 15.9 Å². The van der Waals surface area contributed by atoms with E-state index in [0.717, 1.165) is 11.3 Å². The highest BCUT2D eigenvalue weighted by Gasteiger charge is 2.33. The molecular formula is C12H9BrF5NO. The second kappa shape index (κ2) is 5.67. The Labute approximate surface area is 119 Å². The lowest BCUT2D eigenvalue weighted by atomic mass is 10.1. The molecule has 1 aromatic rings. The molecule has 110 valence electrons. The molecule has 0 aromatic heterocycles. The Morgan fingerprint density at radius 1 is 1.00 bits per heavy atom. The third-order valence-electron chi connectivity index (χ3n) is 3.07. The molecule has 1 unspecified atom stereocenters. The first kappa shape index (κ1) is 15.2. The normalized spacial score (nSPS) is 19.3. The SMILES string of the molecule is O=C(c1c(F)c(F)c(F)c(F)c1F)N1CCCC(Br)C1. The minimum absolute atomic E-state index is 0.0681. The lowest BCUT2D eigenvalue weighted by Crippen LogP contribution is -2.41. The van der Waals surface area contributed by atoms with Crippen LogP contribution in [0, 0.1) is 29.1 Å². The second-order valence-electron chi connectivity index (χ2n) is 4.44. The van der Waals surface area contributed by atoms with Crippen LogP contribution in [0.5, 0.6) is 0 Å². The van der Waals surface area contributed by atoms with Gasteiger partial charge in [-0.2, -0.15) is 0 Å². The first-order valence-electron chi connectivity index (χ1n) is 5.79. The van der Waals surface area contributed by atoms with Crippen molar-refractivity contribution in [2.75, 3.05) is 13.1 Å². The van der Waals surface area contributed by atoms with E-state index in [1.807, 2.05) is 0 Å². The molecule has 8 heteroatoms. The molecule has 1 aromatic carbocycles. The van der Waals surface area contributed by atoms with Crippen LogP contribution in [0.3, 0.4) is 0 Å².